The van der Waals surface area contributed by atoms with Gasteiger partial charge in [0.1, 0.15) is 16.1 Å². The second-order valence-electron chi connectivity index (χ2n) is 2.82. The SMILES string of the molecule is COc1cccc(Oc2ncc(Br)[nH]2)c1. The van der Waals surface area contributed by atoms with Crippen LogP contribution in [0.4, 0.5) is 0 Å². The van der Waals surface area contributed by atoms with Gasteiger partial charge in [-0.05, 0) is 28.1 Å². The van der Waals surface area contributed by atoms with Crippen molar-refractivity contribution in [2.75, 3.05) is 7.11 Å². The van der Waals surface area contributed by atoms with Gasteiger partial charge in [-0.15, -0.1) is 0 Å². The molecule has 78 valence electrons. The van der Waals surface area contributed by atoms with Crippen LogP contribution in [0.2, 0.25) is 0 Å². The molecule has 15 heavy (non-hydrogen) atoms. The first-order chi connectivity index (χ1) is 7.28. The van der Waals surface area contributed by atoms with Crippen molar-refractivity contribution >= 4 is 15.9 Å². The molecule has 0 atom stereocenters. The number of hydrogen-bond donors (Lipinski definition) is 1. The molecule has 1 aromatic carbocycles. The number of aromatic nitrogens is 2. The van der Waals surface area contributed by atoms with Gasteiger partial charge in [-0.25, -0.2) is 4.98 Å². The molecule has 2 rings (SSSR count). The summed E-state index contributed by atoms with van der Waals surface area (Å²) in [6.45, 7) is 0. The fraction of sp³-hybridized carbons (Fsp3) is 0.100. The Morgan fingerprint density at radius 2 is 2.13 bits per heavy atom. The number of nitrogens with zero attached hydrogens (tertiary/aromatic N) is 1. The fourth-order valence-electron chi connectivity index (χ4n) is 1.11. The highest BCUT2D eigenvalue weighted by Gasteiger charge is 2.01. The van der Waals surface area contributed by atoms with Gasteiger partial charge in [-0.3, -0.25) is 0 Å². The predicted octanol–water partition coefficient (Wildman–Crippen LogP) is 2.97. The fourth-order valence-corrected chi connectivity index (χ4v) is 1.38. The number of halogens is 1. The highest BCUT2D eigenvalue weighted by atomic mass is 79.9. The lowest BCUT2D eigenvalue weighted by Crippen LogP contribution is -1.87. The van der Waals surface area contributed by atoms with Crippen LogP contribution in [0.15, 0.2) is 35.1 Å². The van der Waals surface area contributed by atoms with Crippen LogP contribution in [0.3, 0.4) is 0 Å². The van der Waals surface area contributed by atoms with Crippen molar-refractivity contribution in [2.24, 2.45) is 0 Å². The molecule has 1 aromatic heterocycles. The van der Waals surface area contributed by atoms with E-state index in [2.05, 4.69) is 25.9 Å². The number of rotatable bonds is 3. The summed E-state index contributed by atoms with van der Waals surface area (Å²) in [5.74, 6) is 1.43. The highest BCUT2D eigenvalue weighted by Crippen LogP contribution is 2.23. The Kier molecular flexibility index (Phi) is 2.91. The maximum atomic E-state index is 5.46. The minimum atomic E-state index is 0.440. The number of hydrogen-bond acceptors (Lipinski definition) is 3. The summed E-state index contributed by atoms with van der Waals surface area (Å²) in [6.07, 6.45) is 1.63. The first kappa shape index (κ1) is 10.0. The van der Waals surface area contributed by atoms with Crippen LogP contribution in [0.25, 0.3) is 0 Å². The van der Waals surface area contributed by atoms with Crippen molar-refractivity contribution in [1.29, 1.82) is 0 Å². The number of benzene rings is 1. The van der Waals surface area contributed by atoms with E-state index >= 15 is 0 Å². The molecule has 0 unspecified atom stereocenters. The van der Waals surface area contributed by atoms with E-state index in [-0.39, 0.29) is 0 Å². The minimum Gasteiger partial charge on any atom is -0.497 e. The molecule has 5 heteroatoms. The van der Waals surface area contributed by atoms with Crippen molar-refractivity contribution < 1.29 is 9.47 Å². The predicted molar refractivity (Wildman–Crippen MR) is 59.4 cm³/mol. The van der Waals surface area contributed by atoms with E-state index in [0.29, 0.717) is 11.8 Å². The van der Waals surface area contributed by atoms with Crippen LogP contribution in [-0.4, -0.2) is 17.1 Å². The summed E-state index contributed by atoms with van der Waals surface area (Å²) in [7, 11) is 1.61. The topological polar surface area (TPSA) is 47.1 Å². The van der Waals surface area contributed by atoms with Gasteiger partial charge in [-0.2, -0.15) is 0 Å². The van der Waals surface area contributed by atoms with E-state index in [1.54, 1.807) is 19.4 Å². The first-order valence-corrected chi connectivity index (χ1v) is 5.09. The number of aromatic amines is 1. The molecular weight excluding hydrogens is 260 g/mol. The van der Waals surface area contributed by atoms with Gasteiger partial charge >= 0.3 is 0 Å². The summed E-state index contributed by atoms with van der Waals surface area (Å²) in [5, 5.41) is 0. The van der Waals surface area contributed by atoms with E-state index in [0.717, 1.165) is 10.4 Å². The monoisotopic (exact) mass is 268 g/mol. The molecule has 0 saturated heterocycles. The number of imidazole rings is 1. The largest absolute Gasteiger partial charge is 0.497 e. The van der Waals surface area contributed by atoms with Crippen LogP contribution in [0, 0.1) is 0 Å². The van der Waals surface area contributed by atoms with Gasteiger partial charge in [0.05, 0.1) is 13.3 Å². The maximum absolute atomic E-state index is 5.46. The number of methoxy groups -OCH3 is 1. The molecule has 0 fully saturated rings. The Morgan fingerprint density at radius 3 is 2.80 bits per heavy atom. The molecule has 1 N–H and O–H groups in total. The molecule has 0 radical (unpaired) electrons. The Balaban J connectivity index is 2.16. The lowest BCUT2D eigenvalue weighted by atomic mass is 10.3. The standard InChI is InChI=1S/C10H9BrN2O2/c1-14-7-3-2-4-8(5-7)15-10-12-6-9(11)13-10/h2-6H,1H3,(H,12,13). The second-order valence-corrected chi connectivity index (χ2v) is 3.67. The molecule has 0 amide bonds. The molecule has 2 aromatic rings. The molecule has 4 nitrogen and oxygen atoms in total. The van der Waals surface area contributed by atoms with Crippen LogP contribution < -0.4 is 9.47 Å². The van der Waals surface area contributed by atoms with Crippen molar-refractivity contribution in [3.05, 3.63) is 35.1 Å². The van der Waals surface area contributed by atoms with E-state index in [1.807, 2.05) is 18.2 Å². The Labute approximate surface area is 95.4 Å². The van der Waals surface area contributed by atoms with Crippen LogP contribution in [-0.2, 0) is 0 Å². The summed E-state index contributed by atoms with van der Waals surface area (Å²) in [6, 6.07) is 7.77. The Bertz CT molecular complexity index is 456. The van der Waals surface area contributed by atoms with E-state index in [4.69, 9.17) is 9.47 Å². The Hall–Kier alpha value is -1.49. The minimum absolute atomic E-state index is 0.440. The second kappa shape index (κ2) is 4.35. The highest BCUT2D eigenvalue weighted by molar-refractivity contribution is 9.10. The van der Waals surface area contributed by atoms with E-state index in [9.17, 15) is 0 Å². The first-order valence-electron chi connectivity index (χ1n) is 4.30. The third kappa shape index (κ3) is 2.50. The van der Waals surface area contributed by atoms with Gasteiger partial charge in [-0.1, -0.05) is 6.07 Å². The summed E-state index contributed by atoms with van der Waals surface area (Å²) < 4.78 is 11.3. The van der Waals surface area contributed by atoms with E-state index in [1.165, 1.54) is 0 Å². The normalized spacial score (nSPS) is 10.0. The van der Waals surface area contributed by atoms with Gasteiger partial charge in [0, 0.05) is 6.07 Å². The molecule has 0 spiro atoms. The van der Waals surface area contributed by atoms with E-state index < -0.39 is 0 Å². The molecular formula is C10H9BrN2O2. The Morgan fingerprint density at radius 1 is 1.33 bits per heavy atom. The van der Waals surface area contributed by atoms with Gasteiger partial charge in [0.25, 0.3) is 6.01 Å². The zero-order chi connectivity index (χ0) is 10.7. The maximum Gasteiger partial charge on any atom is 0.299 e. The van der Waals surface area contributed by atoms with Crippen molar-refractivity contribution in [2.45, 2.75) is 0 Å². The lowest BCUT2D eigenvalue weighted by molar-refractivity contribution is 0.405. The number of ether oxygens (including phenoxy) is 2. The zero-order valence-electron chi connectivity index (χ0n) is 8.03. The summed E-state index contributed by atoms with van der Waals surface area (Å²) in [5.41, 5.74) is 0. The third-order valence-corrected chi connectivity index (χ3v) is 2.18. The number of H-pyrrole nitrogens is 1. The van der Waals surface area contributed by atoms with Crippen LogP contribution in [0.5, 0.6) is 17.5 Å². The molecule has 0 saturated carbocycles. The molecule has 0 bridgehead atoms. The van der Waals surface area contributed by atoms with Crippen LogP contribution in [0.1, 0.15) is 0 Å². The molecule has 0 aliphatic rings. The molecule has 0 aliphatic carbocycles. The van der Waals surface area contributed by atoms with Gasteiger partial charge in [0.15, 0.2) is 0 Å². The van der Waals surface area contributed by atoms with Crippen molar-refractivity contribution in [3.8, 4) is 17.5 Å². The van der Waals surface area contributed by atoms with Crippen molar-refractivity contribution in [3.63, 3.8) is 0 Å². The lowest BCUT2D eigenvalue weighted by Gasteiger charge is -2.03. The average Bonchev–Trinajstić information content (AvgIpc) is 2.64. The van der Waals surface area contributed by atoms with Crippen LogP contribution >= 0.6 is 15.9 Å². The van der Waals surface area contributed by atoms with Crippen molar-refractivity contribution in [1.82, 2.24) is 9.97 Å². The molecule has 0 aliphatic heterocycles. The average molecular weight is 269 g/mol. The summed E-state index contributed by atoms with van der Waals surface area (Å²) >= 11 is 3.25. The summed E-state index contributed by atoms with van der Waals surface area (Å²) in [4.78, 5) is 6.91. The van der Waals surface area contributed by atoms with Gasteiger partial charge in [0.2, 0.25) is 0 Å². The zero-order valence-corrected chi connectivity index (χ0v) is 9.61. The number of nitrogens with one attached hydrogen (secondary N) is 1. The molecule has 1 heterocycles. The smallest absolute Gasteiger partial charge is 0.299 e. The third-order valence-electron chi connectivity index (χ3n) is 1.78. The quantitative estimate of drug-likeness (QED) is 0.931. The van der Waals surface area contributed by atoms with Gasteiger partial charge < -0.3 is 14.5 Å².